The topological polar surface area (TPSA) is 91.3 Å². The summed E-state index contributed by atoms with van der Waals surface area (Å²) in [6.07, 6.45) is 0.834. The van der Waals surface area contributed by atoms with Crippen LogP contribution in [-0.4, -0.2) is 27.9 Å². The number of aromatic nitrogens is 1. The van der Waals surface area contributed by atoms with Crippen molar-refractivity contribution in [2.75, 3.05) is 5.32 Å². The fourth-order valence-electron chi connectivity index (χ4n) is 2.19. The predicted octanol–water partition coefficient (Wildman–Crippen LogP) is 2.83. The fourth-order valence-corrected chi connectivity index (χ4v) is 3.02. The van der Waals surface area contributed by atoms with E-state index < -0.39 is 18.1 Å². The highest BCUT2D eigenvalue weighted by atomic mass is 32.1. The van der Waals surface area contributed by atoms with Crippen LogP contribution in [0.5, 0.6) is 0 Å². The van der Waals surface area contributed by atoms with Gasteiger partial charge in [0.05, 0.1) is 0 Å². The van der Waals surface area contributed by atoms with Gasteiger partial charge in [-0.2, -0.15) is 0 Å². The van der Waals surface area contributed by atoms with Gasteiger partial charge in [-0.05, 0) is 17.9 Å². The van der Waals surface area contributed by atoms with Gasteiger partial charge < -0.3 is 15.7 Å². The second kappa shape index (κ2) is 8.73. The first-order valence-corrected chi connectivity index (χ1v) is 9.04. The number of nitrogens with one attached hydrogen (secondary N) is 2. The molecule has 0 spiro atoms. The number of thiazole rings is 1. The van der Waals surface area contributed by atoms with E-state index in [0.29, 0.717) is 23.0 Å². The Morgan fingerprint density at radius 1 is 1.20 bits per heavy atom. The largest absolute Gasteiger partial charge is 0.378 e. The molecule has 6 nitrogen and oxygen atoms in total. The molecule has 2 unspecified atom stereocenters. The molecule has 3 N–H and O–H groups in total. The molecule has 1 aromatic carbocycles. The number of carbonyl (C=O) groups is 2. The summed E-state index contributed by atoms with van der Waals surface area (Å²) in [6.45, 7) is 5.90. The van der Waals surface area contributed by atoms with E-state index in [2.05, 4.69) is 29.5 Å². The van der Waals surface area contributed by atoms with Crippen molar-refractivity contribution in [1.82, 2.24) is 10.3 Å². The average Bonchev–Trinajstić information content (AvgIpc) is 3.08. The molecule has 2 atom stereocenters. The van der Waals surface area contributed by atoms with Crippen LogP contribution < -0.4 is 10.6 Å². The van der Waals surface area contributed by atoms with E-state index in [-0.39, 0.29) is 5.91 Å². The Kier molecular flexibility index (Phi) is 6.66. The number of benzene rings is 1. The summed E-state index contributed by atoms with van der Waals surface area (Å²) in [7, 11) is 0. The Morgan fingerprint density at radius 3 is 2.44 bits per heavy atom. The van der Waals surface area contributed by atoms with Crippen molar-refractivity contribution in [3.8, 4) is 0 Å². The number of nitrogens with zero attached hydrogens (tertiary/aromatic N) is 1. The molecule has 2 amide bonds. The summed E-state index contributed by atoms with van der Waals surface area (Å²) in [4.78, 5) is 29.8. The lowest BCUT2D eigenvalue weighted by Crippen LogP contribution is -2.45. The highest BCUT2D eigenvalue weighted by Crippen LogP contribution is 2.25. The van der Waals surface area contributed by atoms with Crippen molar-refractivity contribution in [3.63, 3.8) is 0 Å². The standard InChI is InChI=1S/C18H23N3O3S/c1-4-13(16(23)21-18-19-10-14(25-18)11(2)3)20-17(24)15(22)12-8-6-5-7-9-12/h5-11,13,15,22H,4H2,1-3H3,(H,20,24)(H,19,21,23). The van der Waals surface area contributed by atoms with E-state index in [4.69, 9.17) is 0 Å². The fraction of sp³-hybridized carbons (Fsp3) is 0.389. The maximum atomic E-state index is 12.4. The first-order chi connectivity index (χ1) is 11.9. The zero-order valence-electron chi connectivity index (χ0n) is 14.5. The third kappa shape index (κ3) is 5.11. The number of anilines is 1. The Balaban J connectivity index is 1.98. The molecule has 0 bridgehead atoms. The third-order valence-corrected chi connectivity index (χ3v) is 4.94. The second-order valence-corrected chi connectivity index (χ2v) is 7.06. The highest BCUT2D eigenvalue weighted by Gasteiger charge is 2.24. The normalized spacial score (nSPS) is 13.3. The number of hydrogen-bond donors (Lipinski definition) is 3. The minimum atomic E-state index is -1.31. The van der Waals surface area contributed by atoms with Gasteiger partial charge >= 0.3 is 0 Å². The molecule has 0 aliphatic carbocycles. The first kappa shape index (κ1) is 19.1. The van der Waals surface area contributed by atoms with E-state index in [1.165, 1.54) is 11.3 Å². The summed E-state index contributed by atoms with van der Waals surface area (Å²) in [5, 5.41) is 15.9. The lowest BCUT2D eigenvalue weighted by Gasteiger charge is -2.18. The van der Waals surface area contributed by atoms with E-state index in [1.807, 2.05) is 0 Å². The van der Waals surface area contributed by atoms with Gasteiger partial charge in [0.25, 0.3) is 5.91 Å². The monoisotopic (exact) mass is 361 g/mol. The van der Waals surface area contributed by atoms with Gasteiger partial charge in [0.15, 0.2) is 11.2 Å². The smallest absolute Gasteiger partial charge is 0.254 e. The summed E-state index contributed by atoms with van der Waals surface area (Å²) in [6, 6.07) is 7.87. The minimum absolute atomic E-state index is 0.339. The summed E-state index contributed by atoms with van der Waals surface area (Å²) in [5.74, 6) is -0.609. The van der Waals surface area contributed by atoms with Crippen molar-refractivity contribution in [1.29, 1.82) is 0 Å². The molecule has 1 aromatic heterocycles. The number of hydrogen-bond acceptors (Lipinski definition) is 5. The van der Waals surface area contributed by atoms with Crippen LogP contribution in [0.2, 0.25) is 0 Å². The van der Waals surface area contributed by atoms with Crippen LogP contribution in [0.4, 0.5) is 5.13 Å². The number of aliphatic hydroxyl groups excluding tert-OH is 1. The SMILES string of the molecule is CCC(NC(=O)C(O)c1ccccc1)C(=O)Nc1ncc(C(C)C)s1. The van der Waals surface area contributed by atoms with E-state index in [9.17, 15) is 14.7 Å². The molecule has 0 radical (unpaired) electrons. The second-order valence-electron chi connectivity index (χ2n) is 5.99. The number of carbonyl (C=O) groups excluding carboxylic acids is 2. The van der Waals surface area contributed by atoms with E-state index in [1.54, 1.807) is 43.5 Å². The van der Waals surface area contributed by atoms with Crippen molar-refractivity contribution in [2.45, 2.75) is 45.3 Å². The van der Waals surface area contributed by atoms with Crippen molar-refractivity contribution in [2.24, 2.45) is 0 Å². The molecular formula is C18H23N3O3S. The number of aliphatic hydroxyl groups is 1. The lowest BCUT2D eigenvalue weighted by atomic mass is 10.1. The molecule has 1 heterocycles. The predicted molar refractivity (Wildman–Crippen MR) is 98.5 cm³/mol. The van der Waals surface area contributed by atoms with E-state index >= 15 is 0 Å². The number of rotatable bonds is 7. The average molecular weight is 361 g/mol. The van der Waals surface area contributed by atoms with Crippen LogP contribution in [0.3, 0.4) is 0 Å². The maximum Gasteiger partial charge on any atom is 0.254 e. The zero-order chi connectivity index (χ0) is 18.4. The van der Waals surface area contributed by atoms with Gasteiger partial charge in [0, 0.05) is 11.1 Å². The molecule has 0 aliphatic heterocycles. The van der Waals surface area contributed by atoms with Crippen LogP contribution in [0.1, 0.15) is 49.7 Å². The third-order valence-electron chi connectivity index (χ3n) is 3.73. The van der Waals surface area contributed by atoms with Gasteiger partial charge in [-0.25, -0.2) is 4.98 Å². The molecule has 0 saturated heterocycles. The van der Waals surface area contributed by atoms with Crippen LogP contribution in [0, 0.1) is 0 Å². The Morgan fingerprint density at radius 2 is 1.88 bits per heavy atom. The highest BCUT2D eigenvalue weighted by molar-refractivity contribution is 7.15. The molecule has 2 rings (SSSR count). The number of amides is 2. The summed E-state index contributed by atoms with van der Waals surface area (Å²) < 4.78 is 0. The van der Waals surface area contributed by atoms with E-state index in [0.717, 1.165) is 4.88 Å². The minimum Gasteiger partial charge on any atom is -0.378 e. The molecule has 25 heavy (non-hydrogen) atoms. The van der Waals surface area contributed by atoms with Crippen molar-refractivity contribution >= 4 is 28.3 Å². The molecule has 134 valence electrons. The molecule has 7 heteroatoms. The zero-order valence-corrected chi connectivity index (χ0v) is 15.3. The van der Waals surface area contributed by atoms with Gasteiger partial charge in [0.2, 0.25) is 5.91 Å². The Bertz CT molecular complexity index is 715. The van der Waals surface area contributed by atoms with Gasteiger partial charge in [0.1, 0.15) is 6.04 Å². The molecule has 2 aromatic rings. The van der Waals surface area contributed by atoms with Crippen LogP contribution in [0.25, 0.3) is 0 Å². The van der Waals surface area contributed by atoms with Crippen molar-refractivity contribution in [3.05, 3.63) is 47.0 Å². The summed E-state index contributed by atoms with van der Waals surface area (Å²) >= 11 is 1.41. The van der Waals surface area contributed by atoms with Crippen LogP contribution in [-0.2, 0) is 9.59 Å². The van der Waals surface area contributed by atoms with Gasteiger partial charge in [-0.15, -0.1) is 11.3 Å². The molecule has 0 fully saturated rings. The van der Waals surface area contributed by atoms with Crippen LogP contribution >= 0.6 is 11.3 Å². The van der Waals surface area contributed by atoms with Crippen LogP contribution in [0.15, 0.2) is 36.5 Å². The lowest BCUT2D eigenvalue weighted by molar-refractivity contribution is -0.133. The molecule has 0 saturated carbocycles. The van der Waals surface area contributed by atoms with Gasteiger partial charge in [-0.1, -0.05) is 51.1 Å². The quantitative estimate of drug-likeness (QED) is 0.707. The summed E-state index contributed by atoms with van der Waals surface area (Å²) in [5.41, 5.74) is 0.483. The first-order valence-electron chi connectivity index (χ1n) is 8.22. The van der Waals surface area contributed by atoms with Crippen molar-refractivity contribution < 1.29 is 14.7 Å². The molecular weight excluding hydrogens is 338 g/mol. The maximum absolute atomic E-state index is 12.4. The van der Waals surface area contributed by atoms with Gasteiger partial charge in [-0.3, -0.25) is 9.59 Å². The Hall–Kier alpha value is -2.25. The Labute approximate surface area is 151 Å². The molecule has 0 aliphatic rings.